The topological polar surface area (TPSA) is 69.7 Å². The Morgan fingerprint density at radius 2 is 1.94 bits per heavy atom. The molecule has 0 saturated carbocycles. The van der Waals surface area contributed by atoms with Crippen molar-refractivity contribution in [2.45, 2.75) is 25.7 Å². The quantitative estimate of drug-likeness (QED) is 0.564. The number of halogens is 1. The van der Waals surface area contributed by atoms with Crippen molar-refractivity contribution in [3.63, 3.8) is 0 Å². The Labute approximate surface area is 186 Å². The van der Waals surface area contributed by atoms with Crippen molar-refractivity contribution in [3.05, 3.63) is 88.6 Å². The molecule has 0 radical (unpaired) electrons. The second-order valence-corrected chi connectivity index (χ2v) is 7.62. The predicted octanol–water partition coefficient (Wildman–Crippen LogP) is 4.41. The number of pyridine rings is 1. The van der Waals surface area contributed by atoms with E-state index in [-0.39, 0.29) is 12.0 Å². The standard InChI is InChI=1S/C24H23ClN2O4/c25-22-12-19(14-27-24(22)31-21-10-11-29-16-21)23(28)26-13-17-6-8-20(9-7-17)30-15-18-4-2-1-3-5-18/h1-9,12,14,21H,10-11,13,15-16H2,(H,26,28). The van der Waals surface area contributed by atoms with Gasteiger partial charge in [-0.3, -0.25) is 4.79 Å². The summed E-state index contributed by atoms with van der Waals surface area (Å²) in [6.07, 6.45) is 2.22. The Morgan fingerprint density at radius 3 is 2.65 bits per heavy atom. The molecule has 2 aromatic carbocycles. The van der Waals surface area contributed by atoms with Gasteiger partial charge in [0.2, 0.25) is 5.88 Å². The van der Waals surface area contributed by atoms with Gasteiger partial charge >= 0.3 is 0 Å². The Bertz CT molecular complexity index is 1010. The first kappa shape index (κ1) is 21.2. The summed E-state index contributed by atoms with van der Waals surface area (Å²) in [5.74, 6) is 0.840. The lowest BCUT2D eigenvalue weighted by Gasteiger charge is -2.13. The van der Waals surface area contributed by atoms with Crippen LogP contribution in [0.2, 0.25) is 5.02 Å². The molecule has 1 aliphatic rings. The Morgan fingerprint density at radius 1 is 1.13 bits per heavy atom. The molecular weight excluding hydrogens is 416 g/mol. The lowest BCUT2D eigenvalue weighted by atomic mass is 10.2. The molecule has 0 spiro atoms. The van der Waals surface area contributed by atoms with E-state index in [1.807, 2.05) is 54.6 Å². The highest BCUT2D eigenvalue weighted by Crippen LogP contribution is 2.25. The number of carbonyl (C=O) groups is 1. The number of hydrogen-bond donors (Lipinski definition) is 1. The Balaban J connectivity index is 1.27. The van der Waals surface area contributed by atoms with Gasteiger partial charge in [-0.15, -0.1) is 0 Å². The van der Waals surface area contributed by atoms with E-state index in [1.54, 1.807) is 6.07 Å². The van der Waals surface area contributed by atoms with Gasteiger partial charge in [0, 0.05) is 19.2 Å². The van der Waals surface area contributed by atoms with Gasteiger partial charge in [0.15, 0.2) is 0 Å². The zero-order valence-corrected chi connectivity index (χ0v) is 17.7. The average molecular weight is 439 g/mol. The van der Waals surface area contributed by atoms with Gasteiger partial charge < -0.3 is 19.5 Å². The molecule has 31 heavy (non-hydrogen) atoms. The van der Waals surface area contributed by atoms with Crippen LogP contribution in [-0.4, -0.2) is 30.2 Å². The van der Waals surface area contributed by atoms with Crippen LogP contribution in [0.1, 0.15) is 27.9 Å². The van der Waals surface area contributed by atoms with Crippen molar-refractivity contribution in [3.8, 4) is 11.6 Å². The van der Waals surface area contributed by atoms with Gasteiger partial charge in [0.25, 0.3) is 5.91 Å². The van der Waals surface area contributed by atoms with Gasteiger partial charge in [0.05, 0.1) is 18.8 Å². The Kier molecular flexibility index (Phi) is 7.02. The molecule has 1 saturated heterocycles. The van der Waals surface area contributed by atoms with E-state index >= 15 is 0 Å². The van der Waals surface area contributed by atoms with E-state index in [4.69, 9.17) is 25.8 Å². The summed E-state index contributed by atoms with van der Waals surface area (Å²) in [4.78, 5) is 16.6. The fourth-order valence-electron chi connectivity index (χ4n) is 3.13. The predicted molar refractivity (Wildman–Crippen MR) is 117 cm³/mol. The molecule has 1 unspecified atom stereocenters. The fraction of sp³-hybridized carbons (Fsp3) is 0.250. The second kappa shape index (κ2) is 10.3. The maximum absolute atomic E-state index is 12.5. The van der Waals surface area contributed by atoms with E-state index in [9.17, 15) is 4.79 Å². The molecular formula is C24H23ClN2O4. The molecule has 1 amide bonds. The van der Waals surface area contributed by atoms with Crippen LogP contribution in [0, 0.1) is 0 Å². The monoisotopic (exact) mass is 438 g/mol. The van der Waals surface area contributed by atoms with Crippen LogP contribution >= 0.6 is 11.6 Å². The number of amides is 1. The van der Waals surface area contributed by atoms with E-state index < -0.39 is 0 Å². The van der Waals surface area contributed by atoms with Crippen LogP contribution in [0.4, 0.5) is 0 Å². The van der Waals surface area contributed by atoms with Gasteiger partial charge in [-0.05, 0) is 29.3 Å². The largest absolute Gasteiger partial charge is 0.489 e. The number of nitrogens with zero attached hydrogens (tertiary/aromatic N) is 1. The SMILES string of the molecule is O=C(NCc1ccc(OCc2ccccc2)cc1)c1cnc(OC2CCOC2)c(Cl)c1. The number of carbonyl (C=O) groups excluding carboxylic acids is 1. The van der Waals surface area contributed by atoms with Gasteiger partial charge in [-0.2, -0.15) is 0 Å². The number of nitrogens with one attached hydrogen (secondary N) is 1. The smallest absolute Gasteiger partial charge is 0.253 e. The Hall–Kier alpha value is -3.09. The van der Waals surface area contributed by atoms with E-state index in [2.05, 4.69) is 10.3 Å². The fourth-order valence-corrected chi connectivity index (χ4v) is 3.34. The third-order valence-corrected chi connectivity index (χ3v) is 5.13. The van der Waals surface area contributed by atoms with Crippen LogP contribution in [0.15, 0.2) is 66.9 Å². The summed E-state index contributed by atoms with van der Waals surface area (Å²) >= 11 is 6.24. The highest BCUT2D eigenvalue weighted by molar-refractivity contribution is 6.32. The van der Waals surface area contributed by atoms with Crippen molar-refractivity contribution in [2.75, 3.05) is 13.2 Å². The molecule has 1 aromatic heterocycles. The third kappa shape index (κ3) is 5.96. The summed E-state index contributed by atoms with van der Waals surface area (Å²) < 4.78 is 16.8. The first-order valence-electron chi connectivity index (χ1n) is 10.1. The minimum atomic E-state index is -0.255. The van der Waals surface area contributed by atoms with E-state index in [0.29, 0.717) is 42.8 Å². The summed E-state index contributed by atoms with van der Waals surface area (Å²) in [6.45, 7) is 2.09. The van der Waals surface area contributed by atoms with Crippen molar-refractivity contribution < 1.29 is 19.0 Å². The summed E-state index contributed by atoms with van der Waals surface area (Å²) in [6, 6.07) is 19.2. The lowest BCUT2D eigenvalue weighted by Crippen LogP contribution is -2.23. The molecule has 0 bridgehead atoms. The molecule has 0 aliphatic carbocycles. The molecule has 1 aliphatic heterocycles. The molecule has 2 heterocycles. The second-order valence-electron chi connectivity index (χ2n) is 7.22. The van der Waals surface area contributed by atoms with E-state index in [0.717, 1.165) is 23.3 Å². The first-order chi connectivity index (χ1) is 15.2. The average Bonchev–Trinajstić information content (AvgIpc) is 3.32. The molecule has 4 rings (SSSR count). The summed E-state index contributed by atoms with van der Waals surface area (Å²) in [7, 11) is 0. The third-order valence-electron chi connectivity index (χ3n) is 4.86. The van der Waals surface area contributed by atoms with Crippen LogP contribution < -0.4 is 14.8 Å². The molecule has 1 atom stereocenters. The number of rotatable bonds is 8. The summed E-state index contributed by atoms with van der Waals surface area (Å²) in [5, 5.41) is 3.18. The minimum Gasteiger partial charge on any atom is -0.489 e. The number of ether oxygens (including phenoxy) is 3. The first-order valence-corrected chi connectivity index (χ1v) is 10.5. The van der Waals surface area contributed by atoms with Crippen molar-refractivity contribution in [1.29, 1.82) is 0 Å². The normalized spacial score (nSPS) is 15.5. The van der Waals surface area contributed by atoms with E-state index in [1.165, 1.54) is 6.20 Å². The molecule has 6 nitrogen and oxygen atoms in total. The maximum atomic E-state index is 12.5. The number of hydrogen-bond acceptors (Lipinski definition) is 5. The zero-order chi connectivity index (χ0) is 21.5. The number of benzene rings is 2. The highest BCUT2D eigenvalue weighted by atomic mass is 35.5. The lowest BCUT2D eigenvalue weighted by molar-refractivity contribution is 0.0950. The van der Waals surface area contributed by atoms with Gasteiger partial charge in [-0.25, -0.2) is 4.98 Å². The minimum absolute atomic E-state index is 0.0516. The molecule has 160 valence electrons. The highest BCUT2D eigenvalue weighted by Gasteiger charge is 2.20. The van der Waals surface area contributed by atoms with Crippen molar-refractivity contribution in [1.82, 2.24) is 10.3 Å². The van der Waals surface area contributed by atoms with Crippen LogP contribution in [0.5, 0.6) is 11.6 Å². The molecule has 1 fully saturated rings. The molecule has 1 N–H and O–H groups in total. The maximum Gasteiger partial charge on any atom is 0.253 e. The molecule has 3 aromatic rings. The van der Waals surface area contributed by atoms with Crippen LogP contribution in [0.25, 0.3) is 0 Å². The van der Waals surface area contributed by atoms with Crippen LogP contribution in [0.3, 0.4) is 0 Å². The van der Waals surface area contributed by atoms with Crippen LogP contribution in [-0.2, 0) is 17.9 Å². The van der Waals surface area contributed by atoms with Crippen molar-refractivity contribution in [2.24, 2.45) is 0 Å². The van der Waals surface area contributed by atoms with Crippen molar-refractivity contribution >= 4 is 17.5 Å². The number of aromatic nitrogens is 1. The molecule has 7 heteroatoms. The van der Waals surface area contributed by atoms with Gasteiger partial charge in [0.1, 0.15) is 23.5 Å². The summed E-state index contributed by atoms with van der Waals surface area (Å²) in [5.41, 5.74) is 2.45. The van der Waals surface area contributed by atoms with Gasteiger partial charge in [-0.1, -0.05) is 54.1 Å². The zero-order valence-electron chi connectivity index (χ0n) is 16.9.